The topological polar surface area (TPSA) is 17.1 Å². The molecule has 0 saturated heterocycles. The first-order valence-electron chi connectivity index (χ1n) is 1.58. The minimum Gasteiger partial charge on any atom is -0.294 e. The molecule has 0 spiro atoms. The smallest absolute Gasteiger partial charge is 0.161 e. The largest absolute Gasteiger partial charge is 0.294 e. The van der Waals surface area contributed by atoms with Crippen molar-refractivity contribution in [3.8, 4) is 0 Å². The van der Waals surface area contributed by atoms with Crippen LogP contribution in [0, 0.1) is 0 Å². The second kappa shape index (κ2) is 2.70. The van der Waals surface area contributed by atoms with Crippen LogP contribution >= 0.6 is 25.2 Å². The van der Waals surface area contributed by atoms with Gasteiger partial charge in [-0.1, -0.05) is 25.2 Å². The zero-order valence-corrected chi connectivity index (χ0v) is 6.18. The molecule has 0 saturated carbocycles. The van der Waals surface area contributed by atoms with Gasteiger partial charge < -0.3 is 0 Å². The Morgan fingerprint density at radius 1 is 2.00 bits per heavy atom. The molecule has 0 aromatic carbocycles. The Kier molecular flexibility index (Phi) is 2.96. The van der Waals surface area contributed by atoms with E-state index in [-0.39, 0.29) is 10.4 Å². The van der Waals surface area contributed by atoms with Crippen molar-refractivity contribution in [2.75, 3.05) is 0 Å². The summed E-state index contributed by atoms with van der Waals surface area (Å²) in [5, 5.41) is 0. The van der Waals surface area contributed by atoms with Crippen LogP contribution in [0.2, 0.25) is 0 Å². The molecular weight excluding hydrogens is 163 g/mol. The van der Waals surface area contributed by atoms with Gasteiger partial charge in [0.15, 0.2) is 5.52 Å². The molecule has 0 aliphatic heterocycles. The highest BCUT2D eigenvalue weighted by Crippen LogP contribution is 2.02. The lowest BCUT2D eigenvalue weighted by molar-refractivity contribution is -0.110. The van der Waals surface area contributed by atoms with Crippen LogP contribution in [0.5, 0.6) is 0 Å². The summed E-state index contributed by atoms with van der Waals surface area (Å²) in [6, 6.07) is 0. The summed E-state index contributed by atoms with van der Waals surface area (Å²) < 4.78 is 0. The molecule has 1 nitrogen and oxygen atoms in total. The Balaban J connectivity index is 3.26. The second-order valence-electron chi connectivity index (χ2n) is 1.02. The fraction of sp³-hybridized carbons (Fsp3) is 0.667. The van der Waals surface area contributed by atoms with Crippen molar-refractivity contribution in [2.24, 2.45) is 0 Å². The van der Waals surface area contributed by atoms with E-state index in [1.807, 2.05) is 0 Å². The summed E-state index contributed by atoms with van der Waals surface area (Å²) in [4.78, 5) is 10.0. The maximum absolute atomic E-state index is 10.1. The molecule has 36 valence electrons. The molecule has 0 aromatic rings. The maximum atomic E-state index is 10.1. The molecule has 0 fully saturated rings. The summed E-state index contributed by atoms with van der Waals surface area (Å²) in [6.07, 6.45) is 0. The quantitative estimate of drug-likeness (QED) is 0.425. The monoisotopic (exact) mass is 168 g/mol. The van der Waals surface area contributed by atoms with Gasteiger partial charge in [-0.2, -0.15) is 0 Å². The van der Waals surface area contributed by atoms with Crippen LogP contribution in [0.15, 0.2) is 0 Å². The molecule has 0 amide bonds. The van der Waals surface area contributed by atoms with Crippen LogP contribution in [0.3, 0.4) is 0 Å². The van der Waals surface area contributed by atoms with Crippen LogP contribution in [0.4, 0.5) is 0 Å². The van der Waals surface area contributed by atoms with Crippen molar-refractivity contribution in [1.82, 2.24) is 0 Å². The van der Waals surface area contributed by atoms with E-state index in [9.17, 15) is 4.79 Å². The SMILES string of the molecule is CC(Br)C(=O)P. The van der Waals surface area contributed by atoms with Crippen LogP contribution in [0.25, 0.3) is 0 Å². The van der Waals surface area contributed by atoms with Gasteiger partial charge in [0, 0.05) is 0 Å². The van der Waals surface area contributed by atoms with Gasteiger partial charge in [0.25, 0.3) is 0 Å². The lowest BCUT2D eigenvalue weighted by atomic mass is 10.6. The Morgan fingerprint density at radius 2 is 2.17 bits per heavy atom. The van der Waals surface area contributed by atoms with E-state index in [4.69, 9.17) is 0 Å². The first-order valence-corrected chi connectivity index (χ1v) is 3.07. The molecule has 0 bridgehead atoms. The number of alkyl halides is 1. The predicted molar refractivity (Wildman–Crippen MR) is 33.1 cm³/mol. The standard InChI is InChI=1S/C3H6BrOP/c1-2(4)3(5)6/h2H,6H2,1H3. The van der Waals surface area contributed by atoms with Crippen molar-refractivity contribution in [3.63, 3.8) is 0 Å². The van der Waals surface area contributed by atoms with Gasteiger partial charge in [-0.15, -0.1) is 0 Å². The van der Waals surface area contributed by atoms with E-state index in [0.29, 0.717) is 0 Å². The molecule has 0 aliphatic carbocycles. The van der Waals surface area contributed by atoms with Gasteiger partial charge in [-0.05, 0) is 6.92 Å². The van der Waals surface area contributed by atoms with Crippen LogP contribution in [0.1, 0.15) is 6.92 Å². The van der Waals surface area contributed by atoms with Crippen LogP contribution in [-0.4, -0.2) is 10.4 Å². The van der Waals surface area contributed by atoms with Gasteiger partial charge in [-0.25, -0.2) is 0 Å². The van der Waals surface area contributed by atoms with Crippen molar-refractivity contribution < 1.29 is 4.79 Å². The first kappa shape index (κ1) is 6.58. The van der Waals surface area contributed by atoms with E-state index in [0.717, 1.165) is 0 Å². The molecule has 0 radical (unpaired) electrons. The number of halogens is 1. The average Bonchev–Trinajstić information content (AvgIpc) is 1.36. The van der Waals surface area contributed by atoms with Crippen molar-refractivity contribution in [1.29, 1.82) is 0 Å². The summed E-state index contributed by atoms with van der Waals surface area (Å²) in [6.45, 7) is 1.79. The van der Waals surface area contributed by atoms with Gasteiger partial charge in [0.2, 0.25) is 0 Å². The third-order valence-corrected chi connectivity index (χ3v) is 1.83. The molecule has 3 heteroatoms. The lowest BCUT2D eigenvalue weighted by Gasteiger charge is -1.88. The fourth-order valence-electron chi connectivity index (χ4n) is 0. The molecule has 0 aliphatic rings. The molecule has 0 N–H and O–H groups in total. The zero-order valence-electron chi connectivity index (χ0n) is 3.44. The first-order chi connectivity index (χ1) is 2.64. The highest BCUT2D eigenvalue weighted by Gasteiger charge is 1.97. The second-order valence-corrected chi connectivity index (χ2v) is 2.96. The summed E-state index contributed by atoms with van der Waals surface area (Å²) in [5.74, 6) is 0. The lowest BCUT2D eigenvalue weighted by Crippen LogP contribution is -1.97. The normalized spacial score (nSPS) is 13.8. The van der Waals surface area contributed by atoms with E-state index in [1.165, 1.54) is 0 Å². The Labute approximate surface area is 47.8 Å². The van der Waals surface area contributed by atoms with Crippen LogP contribution < -0.4 is 0 Å². The molecule has 2 unspecified atom stereocenters. The van der Waals surface area contributed by atoms with Gasteiger partial charge in [-0.3, -0.25) is 4.79 Å². The van der Waals surface area contributed by atoms with E-state index in [1.54, 1.807) is 6.92 Å². The number of rotatable bonds is 1. The fourth-order valence-corrected chi connectivity index (χ4v) is 0. The number of hydrogen-bond donors (Lipinski definition) is 0. The molecule has 0 aromatic heterocycles. The summed E-state index contributed by atoms with van der Waals surface area (Å²) in [5.41, 5.74) is 0.0926. The Bertz CT molecular complexity index is 61.8. The number of carbonyl (C=O) groups excluding carboxylic acids is 1. The third kappa shape index (κ3) is 2.80. The highest BCUT2D eigenvalue weighted by molar-refractivity contribution is 9.10. The van der Waals surface area contributed by atoms with Crippen molar-refractivity contribution in [3.05, 3.63) is 0 Å². The Morgan fingerprint density at radius 3 is 2.17 bits per heavy atom. The molecule has 2 atom stereocenters. The minimum absolute atomic E-state index is 0.0116. The summed E-state index contributed by atoms with van der Waals surface area (Å²) >= 11 is 3.07. The van der Waals surface area contributed by atoms with Gasteiger partial charge >= 0.3 is 0 Å². The zero-order chi connectivity index (χ0) is 5.15. The number of hydrogen-bond acceptors (Lipinski definition) is 1. The molecule has 6 heavy (non-hydrogen) atoms. The minimum atomic E-state index is -0.0116. The number of carbonyl (C=O) groups is 1. The van der Waals surface area contributed by atoms with Gasteiger partial charge in [0.1, 0.15) is 0 Å². The van der Waals surface area contributed by atoms with E-state index in [2.05, 4.69) is 25.2 Å². The third-order valence-electron chi connectivity index (χ3n) is 0.392. The predicted octanol–water partition coefficient (Wildman–Crippen LogP) is 1.17. The van der Waals surface area contributed by atoms with E-state index >= 15 is 0 Å². The van der Waals surface area contributed by atoms with Crippen LogP contribution in [-0.2, 0) is 4.79 Å². The van der Waals surface area contributed by atoms with Gasteiger partial charge in [0.05, 0.1) is 4.83 Å². The molecular formula is C3H6BrOP. The van der Waals surface area contributed by atoms with Crippen molar-refractivity contribution >= 4 is 30.7 Å². The Hall–Kier alpha value is 0.580. The maximum Gasteiger partial charge on any atom is 0.161 e. The van der Waals surface area contributed by atoms with Crippen molar-refractivity contribution in [2.45, 2.75) is 11.8 Å². The van der Waals surface area contributed by atoms with E-state index < -0.39 is 0 Å². The average molecular weight is 169 g/mol. The molecule has 0 heterocycles. The molecule has 0 rings (SSSR count). The summed E-state index contributed by atoms with van der Waals surface area (Å²) in [7, 11) is 2.09. The highest BCUT2D eigenvalue weighted by atomic mass is 79.9.